The van der Waals surface area contributed by atoms with Gasteiger partial charge in [0.2, 0.25) is 0 Å². The molecule has 0 unspecified atom stereocenters. The van der Waals surface area contributed by atoms with E-state index in [4.69, 9.17) is 15.3 Å². The average Bonchev–Trinajstić information content (AvgIpc) is 3.04. The number of halogens is 21. The topological polar surface area (TPSA) is 116 Å². The molecule has 3 N–H and O–H groups in total. The second kappa shape index (κ2) is 26.4. The van der Waals surface area contributed by atoms with E-state index in [1.807, 2.05) is 0 Å². The van der Waals surface area contributed by atoms with Crippen LogP contribution in [0.4, 0.5) is 92.2 Å². The zero-order chi connectivity index (χ0) is 45.5. The van der Waals surface area contributed by atoms with Gasteiger partial charge in [-0.05, 0) is 0 Å². The van der Waals surface area contributed by atoms with Crippen molar-refractivity contribution in [3.8, 4) is 0 Å². The van der Waals surface area contributed by atoms with Gasteiger partial charge in [0.05, 0.1) is 99.1 Å². The fourth-order valence-electron chi connectivity index (χ4n) is 3.13. The van der Waals surface area contributed by atoms with Gasteiger partial charge >= 0.3 is 54.1 Å². The minimum absolute atomic E-state index is 0.0402. The van der Waals surface area contributed by atoms with Gasteiger partial charge in [0.25, 0.3) is 0 Å². The first kappa shape index (κ1) is 59.5. The highest BCUT2D eigenvalue weighted by Crippen LogP contribution is 2.50. The van der Waals surface area contributed by atoms with Gasteiger partial charge in [0, 0.05) is 19.3 Å². The maximum absolute atomic E-state index is 13.0. The maximum atomic E-state index is 13.0. The summed E-state index contributed by atoms with van der Waals surface area (Å²) in [4.78, 5) is 0. The van der Waals surface area contributed by atoms with Crippen molar-refractivity contribution in [1.29, 1.82) is 0 Å². The van der Waals surface area contributed by atoms with Gasteiger partial charge < -0.3 is 43.7 Å². The van der Waals surface area contributed by atoms with Crippen LogP contribution in [0.2, 0.25) is 0 Å². The third kappa shape index (κ3) is 21.8. The number of aliphatic hydroxyl groups is 3. The third-order valence-corrected chi connectivity index (χ3v) is 6.29. The molecule has 0 aliphatic rings. The first-order valence-corrected chi connectivity index (χ1v) is 15.4. The van der Waals surface area contributed by atoms with E-state index in [-0.39, 0.29) is 79.3 Å². The molecule has 0 aliphatic carbocycles. The molecule has 0 amide bonds. The largest absolute Gasteiger partial charge is 0.431 e. The molecule has 0 aromatic carbocycles. The van der Waals surface area contributed by atoms with Crippen LogP contribution in [-0.4, -0.2) is 168 Å². The van der Waals surface area contributed by atoms with Gasteiger partial charge in [0.15, 0.2) is 0 Å². The van der Waals surface area contributed by atoms with Crippen molar-refractivity contribution in [2.24, 2.45) is 0 Å². The number of ether oxygens (including phenoxy) is 6. The van der Waals surface area contributed by atoms with Crippen molar-refractivity contribution in [1.82, 2.24) is 0 Å². The molecule has 9 nitrogen and oxygen atoms in total. The van der Waals surface area contributed by atoms with Gasteiger partial charge in [-0.15, -0.1) is 0 Å². The van der Waals surface area contributed by atoms with E-state index in [0.717, 1.165) is 0 Å². The Balaban J connectivity index is -0.000000767. The van der Waals surface area contributed by atoms with Crippen molar-refractivity contribution in [3.05, 3.63) is 0 Å². The number of alkyl halides is 21. The van der Waals surface area contributed by atoms with Crippen LogP contribution in [0.3, 0.4) is 0 Å². The van der Waals surface area contributed by atoms with E-state index in [1.165, 1.54) is 0 Å². The molecular weight excluding hydrogens is 867 g/mol. The highest BCUT2D eigenvalue weighted by molar-refractivity contribution is 4.96. The third-order valence-electron chi connectivity index (χ3n) is 6.29. The summed E-state index contributed by atoms with van der Waals surface area (Å²) in [6.07, 6.45) is -41.9. The van der Waals surface area contributed by atoms with E-state index in [9.17, 15) is 92.2 Å². The molecule has 0 aliphatic heterocycles. The Morgan fingerprint density at radius 2 is 0.368 bits per heavy atom. The fraction of sp³-hybridized carbons (Fsp3) is 1.00. The molecule has 57 heavy (non-hydrogen) atoms. The van der Waals surface area contributed by atoms with Gasteiger partial charge in [-0.1, -0.05) is 0 Å². The van der Waals surface area contributed by atoms with Crippen molar-refractivity contribution in [3.63, 3.8) is 0 Å². The Hall–Kier alpha value is -1.83. The molecule has 0 spiro atoms. The van der Waals surface area contributed by atoms with Gasteiger partial charge in [-0.2, -0.15) is 79.0 Å². The standard InChI is InChI=1S/3C9H13F7O3/c3*10-7(8(11,12)13,9(14,15)16)1-3-18-5-6-19-4-2-17/h3*17H,1-6H2. The fourth-order valence-corrected chi connectivity index (χ4v) is 3.13. The summed E-state index contributed by atoms with van der Waals surface area (Å²) < 4.78 is 284. The molecule has 0 bridgehead atoms. The van der Waals surface area contributed by atoms with Crippen LogP contribution in [0.25, 0.3) is 0 Å². The highest BCUT2D eigenvalue weighted by Gasteiger charge is 2.73. The predicted octanol–water partition coefficient (Wildman–Crippen LogP) is 6.70. The van der Waals surface area contributed by atoms with Gasteiger partial charge in [-0.3, -0.25) is 0 Å². The SMILES string of the molecule is OCCOCCOCCC(F)(C(F)(F)F)C(F)(F)F.OCCOCCOCCC(F)(C(F)(F)F)C(F)(F)F.OCCOCCOCCC(F)(C(F)(F)F)C(F)(F)F. The van der Waals surface area contributed by atoms with E-state index >= 15 is 0 Å². The Labute approximate surface area is 309 Å². The Bertz CT molecular complexity index is 835. The summed E-state index contributed by atoms with van der Waals surface area (Å²) in [7, 11) is 0. The Morgan fingerprint density at radius 1 is 0.228 bits per heavy atom. The first-order chi connectivity index (χ1) is 25.7. The monoisotopic (exact) mass is 906 g/mol. The minimum atomic E-state index is -6.05. The van der Waals surface area contributed by atoms with Crippen LogP contribution >= 0.6 is 0 Å². The van der Waals surface area contributed by atoms with Crippen LogP contribution in [0.5, 0.6) is 0 Å². The van der Waals surface area contributed by atoms with Crippen LogP contribution in [0, 0.1) is 0 Å². The molecule has 0 radical (unpaired) electrons. The molecule has 348 valence electrons. The Kier molecular flexibility index (Phi) is 27.5. The maximum Gasteiger partial charge on any atom is 0.431 e. The summed E-state index contributed by atoms with van der Waals surface area (Å²) in [5.74, 6) is 0. The predicted molar refractivity (Wildman–Crippen MR) is 148 cm³/mol. The summed E-state index contributed by atoms with van der Waals surface area (Å²) in [6, 6.07) is 0. The molecule has 0 rings (SSSR count). The number of hydrogen-bond donors (Lipinski definition) is 3. The minimum Gasteiger partial charge on any atom is -0.394 e. The quantitative estimate of drug-likeness (QED) is 0.0719. The molecule has 0 fully saturated rings. The van der Waals surface area contributed by atoms with Gasteiger partial charge in [-0.25, -0.2) is 13.2 Å². The summed E-state index contributed by atoms with van der Waals surface area (Å²) in [5, 5.41) is 24.9. The molecular formula is C27H39F21O9. The van der Waals surface area contributed by atoms with Crippen molar-refractivity contribution >= 4 is 0 Å². The van der Waals surface area contributed by atoms with Crippen LogP contribution in [0.1, 0.15) is 19.3 Å². The summed E-state index contributed by atoms with van der Waals surface area (Å²) >= 11 is 0. The smallest absolute Gasteiger partial charge is 0.394 e. The molecule has 0 heterocycles. The molecule has 0 saturated heterocycles. The lowest BCUT2D eigenvalue weighted by molar-refractivity contribution is -0.345. The zero-order valence-electron chi connectivity index (χ0n) is 29.0. The van der Waals surface area contributed by atoms with Crippen LogP contribution in [0.15, 0.2) is 0 Å². The number of aliphatic hydroxyl groups excluding tert-OH is 3. The zero-order valence-corrected chi connectivity index (χ0v) is 29.0. The lowest BCUT2D eigenvalue weighted by Crippen LogP contribution is -2.53. The molecule has 0 aromatic heterocycles. The van der Waals surface area contributed by atoms with Crippen LogP contribution < -0.4 is 0 Å². The van der Waals surface area contributed by atoms with E-state index in [1.54, 1.807) is 0 Å². The molecule has 0 saturated carbocycles. The summed E-state index contributed by atoms with van der Waals surface area (Å²) in [6.45, 7) is -5.42. The lowest BCUT2D eigenvalue weighted by atomic mass is 10.0. The van der Waals surface area contributed by atoms with E-state index < -0.39 is 93.1 Å². The second-order valence-electron chi connectivity index (χ2n) is 10.5. The Morgan fingerprint density at radius 3 is 0.491 bits per heavy atom. The van der Waals surface area contributed by atoms with Gasteiger partial charge in [0.1, 0.15) is 0 Å². The van der Waals surface area contributed by atoms with E-state index in [2.05, 4.69) is 28.4 Å². The molecule has 0 aromatic rings. The lowest BCUT2D eigenvalue weighted by Gasteiger charge is -2.29. The first-order valence-electron chi connectivity index (χ1n) is 15.4. The van der Waals surface area contributed by atoms with Crippen molar-refractivity contribution < 1.29 is 136 Å². The number of rotatable bonds is 24. The molecule has 0 atom stereocenters. The number of hydrogen-bond acceptors (Lipinski definition) is 9. The van der Waals surface area contributed by atoms with Crippen molar-refractivity contribution in [2.75, 3.05) is 99.1 Å². The van der Waals surface area contributed by atoms with Crippen LogP contribution in [-0.2, 0) is 28.4 Å². The van der Waals surface area contributed by atoms with E-state index in [0.29, 0.717) is 0 Å². The highest BCUT2D eigenvalue weighted by atomic mass is 19.4. The second-order valence-corrected chi connectivity index (χ2v) is 10.5. The molecule has 30 heteroatoms. The van der Waals surface area contributed by atoms with Crippen molar-refractivity contribution in [2.45, 2.75) is 73.3 Å². The average molecular weight is 907 g/mol. The summed E-state index contributed by atoms with van der Waals surface area (Å²) in [5.41, 5.74) is -15.9. The normalized spacial score (nSPS) is 13.9.